The third-order valence-corrected chi connectivity index (χ3v) is 18.1. The number of nitrogens with one attached hydrogen (secondary N) is 3. The van der Waals surface area contributed by atoms with Crippen molar-refractivity contribution in [1.29, 1.82) is 0 Å². The van der Waals surface area contributed by atoms with Gasteiger partial charge in [-0.1, -0.05) is 87.5 Å². The van der Waals surface area contributed by atoms with Crippen LogP contribution in [0.2, 0.25) is 0 Å². The molecule has 1 fully saturated rings. The van der Waals surface area contributed by atoms with Gasteiger partial charge < -0.3 is 41.2 Å². The lowest BCUT2D eigenvalue weighted by molar-refractivity contribution is -0.146. The first-order valence-corrected chi connectivity index (χ1v) is 30.3. The normalized spacial score (nSPS) is 19.0. The Morgan fingerprint density at radius 3 is 2.29 bits per heavy atom. The number of aromatic carboxylic acids is 1. The number of hydrogen-bond acceptors (Lipinski definition) is 12. The van der Waals surface area contributed by atoms with Crippen molar-refractivity contribution in [3.05, 3.63) is 141 Å². The molecule has 8 atom stereocenters. The van der Waals surface area contributed by atoms with Crippen molar-refractivity contribution in [2.24, 2.45) is 23.0 Å². The molecule has 6 aromatic rings. The Bertz CT molecular complexity index is 3480. The molecule has 0 radical (unpaired) electrons. The molecule has 3 aliphatic heterocycles. The Balaban J connectivity index is 0.749. The molecule has 0 spiro atoms. The molecular weight excluding hydrogens is 1100 g/mol. The van der Waals surface area contributed by atoms with Crippen LogP contribution in [0.5, 0.6) is 0 Å². The summed E-state index contributed by atoms with van der Waals surface area (Å²) in [7, 11) is 0. The predicted molar refractivity (Wildman–Crippen MR) is 324 cm³/mol. The van der Waals surface area contributed by atoms with Crippen molar-refractivity contribution >= 4 is 75.0 Å². The monoisotopic (exact) mass is 1180 g/mol. The molecular formula is C66H77N7O11S. The first-order chi connectivity index (χ1) is 40.5. The number of aromatic amines is 1. The number of Topliss-reactive ketones (excluding diaryl/α,β-unsaturated/α-hetero) is 2. The van der Waals surface area contributed by atoms with Crippen LogP contribution in [0.4, 0.5) is 5.69 Å². The number of ether oxygens (including phenoxy) is 1. The number of hydrogen-bond donors (Lipinski definition) is 6. The number of likely N-dealkylation sites (tertiary alicyclic amines) is 1. The summed E-state index contributed by atoms with van der Waals surface area (Å²) in [4.78, 5) is 120. The summed E-state index contributed by atoms with van der Waals surface area (Å²) in [6.45, 7) is 11.6. The number of benzene rings is 4. The summed E-state index contributed by atoms with van der Waals surface area (Å²) < 4.78 is 6.34. The van der Waals surface area contributed by atoms with Crippen LogP contribution in [0.3, 0.4) is 0 Å². The maximum atomic E-state index is 14.6. The molecule has 85 heavy (non-hydrogen) atoms. The van der Waals surface area contributed by atoms with Crippen molar-refractivity contribution in [1.82, 2.24) is 25.5 Å². The molecule has 5 amide bonds. The smallest absolute Gasteiger partial charge is 0.335 e. The molecule has 9 rings (SSSR count). The number of nitrogens with two attached hydrogens (primary N) is 1. The lowest BCUT2D eigenvalue weighted by Crippen LogP contribution is -2.54. The molecule has 7 N–H and O–H groups in total. The van der Waals surface area contributed by atoms with Gasteiger partial charge in [0, 0.05) is 67.8 Å². The van der Waals surface area contributed by atoms with Crippen molar-refractivity contribution in [2.45, 2.75) is 162 Å². The number of carboxylic acid groups (broad SMARTS) is 1. The first kappa shape index (κ1) is 61.7. The summed E-state index contributed by atoms with van der Waals surface area (Å²) in [6, 6.07) is 25.0. The molecule has 4 aromatic carbocycles. The van der Waals surface area contributed by atoms with Gasteiger partial charge in [0.2, 0.25) is 29.5 Å². The number of anilines is 1. The minimum Gasteiger partial charge on any atom is -0.478 e. The van der Waals surface area contributed by atoms with Gasteiger partial charge in [-0.3, -0.25) is 38.5 Å². The number of β-amino-alcohol motifs (C(OH)–C–C–N with tert-alkyl or cyclic N) is 1. The standard InChI is InChI=1S/C66H77N7O11S/c1-37(42-18-21-44(22-19-42)60-38(2)68-36-85-60)69-61(78)55-33-50(75)34-72(55)64(81)51(66(4,5)6)32-49(74)13-8-7-10-40-14-16-41(17-15-40)35-84-39(3)52(26-27-58(67)77)71-62(79)56-30-45-12-9-11-43-20-23-46(63(80)73(56)59(43)45)31-57(76)54-29-48-28-47(65(82)83)24-25-53(48)70-54/h9,11-12,14-19,21-22,24-25,28-29,36-37,39,46,50-52,55-56,70,75H,7-8,10,13,20,23,26-27,30-35H2,1-6H3,(H2,67,77)(H,69,78)(H,71,79)(H,82,83)/t37-,39+,46+,50+,51+,52-,55-,56-/m0/s1. The van der Waals surface area contributed by atoms with E-state index in [1.54, 1.807) is 28.4 Å². The van der Waals surface area contributed by atoms with Gasteiger partial charge in [0.15, 0.2) is 5.78 Å². The zero-order chi connectivity index (χ0) is 60.9. The number of carboxylic acids is 1. The fraction of sp³-hybridized carbons (Fsp3) is 0.439. The van der Waals surface area contributed by atoms with Crippen LogP contribution in [0.1, 0.15) is 153 Å². The van der Waals surface area contributed by atoms with Crippen LogP contribution in [-0.4, -0.2) is 109 Å². The summed E-state index contributed by atoms with van der Waals surface area (Å²) in [5.41, 5.74) is 15.1. The number of aryl methyl sites for hydroxylation is 3. The van der Waals surface area contributed by atoms with E-state index in [2.05, 4.69) is 20.6 Å². The van der Waals surface area contributed by atoms with Crippen molar-refractivity contribution < 1.29 is 53.3 Å². The van der Waals surface area contributed by atoms with Gasteiger partial charge in [0.25, 0.3) is 0 Å². The van der Waals surface area contributed by atoms with Gasteiger partial charge >= 0.3 is 5.97 Å². The number of carbonyl (C=O) groups is 8. The quantitative estimate of drug-likeness (QED) is 0.0232. The van der Waals surface area contributed by atoms with E-state index >= 15 is 0 Å². The molecule has 448 valence electrons. The van der Waals surface area contributed by atoms with Gasteiger partial charge in [-0.25, -0.2) is 9.78 Å². The SMILES string of the molecule is Cc1ncsc1-c1ccc([C@H](C)NC(=O)[C@@H]2C[C@@H](O)CN2C(=O)[C@@H](CC(=O)CCCCc2ccc(CO[C@H](C)[C@H](CCC(N)=O)NC(=O)[C@@H]3Cc4cccc5c4N3C(=O)[C@@H](CC(=O)c3cc4cc(C(=O)O)ccc4[nH]3)CC5)cc2)C(C)(C)C)cc1. The number of amides is 5. The van der Waals surface area contributed by atoms with Crippen LogP contribution < -0.4 is 21.3 Å². The Morgan fingerprint density at radius 1 is 0.882 bits per heavy atom. The van der Waals surface area contributed by atoms with E-state index in [0.717, 1.165) is 50.4 Å². The largest absolute Gasteiger partial charge is 0.478 e. The Labute approximate surface area is 499 Å². The third kappa shape index (κ3) is 14.6. The molecule has 0 aliphatic carbocycles. The van der Waals surface area contributed by atoms with E-state index in [1.807, 2.05) is 114 Å². The molecule has 5 heterocycles. The predicted octanol–water partition coefficient (Wildman–Crippen LogP) is 8.92. The number of para-hydroxylation sites is 1. The minimum atomic E-state index is -1.08. The second-order valence-corrected chi connectivity index (χ2v) is 25.2. The molecule has 18 nitrogen and oxygen atoms in total. The molecule has 1 saturated heterocycles. The van der Waals surface area contributed by atoms with Crippen molar-refractivity contribution in [3.63, 3.8) is 0 Å². The lowest BCUT2D eigenvalue weighted by atomic mass is 9.76. The second-order valence-electron chi connectivity index (χ2n) is 24.3. The number of aliphatic hydroxyl groups is 1. The summed E-state index contributed by atoms with van der Waals surface area (Å²) in [6.07, 6.45) is 2.29. The van der Waals surface area contributed by atoms with Crippen LogP contribution in [-0.2, 0) is 59.4 Å². The number of rotatable bonds is 25. The van der Waals surface area contributed by atoms with Gasteiger partial charge in [-0.15, -0.1) is 11.3 Å². The number of ketones is 2. The van der Waals surface area contributed by atoms with Crippen LogP contribution in [0, 0.1) is 24.2 Å². The van der Waals surface area contributed by atoms with Gasteiger partial charge in [-0.05, 0) is 122 Å². The summed E-state index contributed by atoms with van der Waals surface area (Å²) >= 11 is 1.57. The second kappa shape index (κ2) is 26.6. The van der Waals surface area contributed by atoms with E-state index in [4.69, 9.17) is 10.5 Å². The maximum Gasteiger partial charge on any atom is 0.335 e. The molecule has 2 aromatic heterocycles. The molecule has 0 unspecified atom stereocenters. The van der Waals surface area contributed by atoms with E-state index in [9.17, 15) is 48.6 Å². The van der Waals surface area contributed by atoms with Crippen LogP contribution in [0.15, 0.2) is 96.5 Å². The van der Waals surface area contributed by atoms with E-state index in [0.29, 0.717) is 48.7 Å². The number of H-pyrrole nitrogens is 1. The van der Waals surface area contributed by atoms with Crippen molar-refractivity contribution in [2.75, 3.05) is 11.4 Å². The summed E-state index contributed by atoms with van der Waals surface area (Å²) in [5, 5.41) is 26.9. The Kier molecular flexibility index (Phi) is 19.3. The number of unbranched alkanes of at least 4 members (excludes halogenated alkanes) is 1. The molecule has 0 saturated carbocycles. The molecule has 0 bridgehead atoms. The van der Waals surface area contributed by atoms with Crippen LogP contribution in [0.25, 0.3) is 21.3 Å². The fourth-order valence-electron chi connectivity index (χ4n) is 12.1. The highest BCUT2D eigenvalue weighted by Gasteiger charge is 2.46. The number of nitrogens with zero attached hydrogens (tertiary/aromatic N) is 3. The number of thiazole rings is 1. The van der Waals surface area contributed by atoms with Gasteiger partial charge in [0.05, 0.1) is 63.9 Å². The zero-order valence-electron chi connectivity index (χ0n) is 49.2. The topological polar surface area (TPSA) is 271 Å². The third-order valence-electron chi connectivity index (χ3n) is 17.1. The van der Waals surface area contributed by atoms with E-state index in [-0.39, 0.29) is 98.3 Å². The van der Waals surface area contributed by atoms with Crippen LogP contribution >= 0.6 is 11.3 Å². The average molecular weight is 1180 g/mol. The summed E-state index contributed by atoms with van der Waals surface area (Å²) in [5.74, 6) is -4.80. The lowest BCUT2D eigenvalue weighted by Gasteiger charge is -2.35. The highest BCUT2D eigenvalue weighted by Crippen LogP contribution is 2.42. The Hall–Kier alpha value is -7.87. The number of aliphatic hydroxyl groups excluding tert-OH is 1. The van der Waals surface area contributed by atoms with Gasteiger partial charge in [-0.2, -0.15) is 0 Å². The minimum absolute atomic E-state index is 0.0151. The number of fused-ring (bicyclic) bond motifs is 1. The van der Waals surface area contributed by atoms with E-state index < -0.39 is 65.4 Å². The molecule has 3 aliphatic rings. The maximum absolute atomic E-state index is 14.6. The highest BCUT2D eigenvalue weighted by atomic mass is 32.1. The number of aromatic nitrogens is 2. The Morgan fingerprint density at radius 2 is 1.60 bits per heavy atom. The zero-order valence-corrected chi connectivity index (χ0v) is 50.0. The average Bonchev–Trinajstić information content (AvgIpc) is 1.82. The number of carbonyl (C=O) groups excluding carboxylic acids is 7. The van der Waals surface area contributed by atoms with Gasteiger partial charge in [0.1, 0.15) is 17.9 Å². The van der Waals surface area contributed by atoms with E-state index in [1.165, 1.54) is 17.0 Å². The number of primary amides is 1. The molecule has 19 heteroatoms. The first-order valence-electron chi connectivity index (χ1n) is 29.4. The fourth-order valence-corrected chi connectivity index (χ4v) is 12.9. The van der Waals surface area contributed by atoms with Crippen molar-refractivity contribution in [3.8, 4) is 10.4 Å². The highest BCUT2D eigenvalue weighted by molar-refractivity contribution is 7.13.